The Hall–Kier alpha value is -1.00. The number of carbonyl (C=O) groups is 1. The average molecular weight is 442 g/mol. The normalized spacial score (nSPS) is 28.2. The fourth-order valence-corrected chi connectivity index (χ4v) is 8.26. The van der Waals surface area contributed by atoms with Crippen molar-refractivity contribution in [3.63, 3.8) is 0 Å². The van der Waals surface area contributed by atoms with E-state index >= 15 is 0 Å². The van der Waals surface area contributed by atoms with Gasteiger partial charge < -0.3 is 9.64 Å². The van der Waals surface area contributed by atoms with Crippen molar-refractivity contribution in [2.45, 2.75) is 30.4 Å². The molecule has 3 aliphatic rings. The number of fused-ring (bicyclic) bond motifs is 1. The number of piperidine rings is 1. The van der Waals surface area contributed by atoms with E-state index in [0.29, 0.717) is 23.9 Å². The number of thiophene rings is 1. The highest BCUT2D eigenvalue weighted by Gasteiger charge is 2.65. The number of methoxy groups -OCH3 is 1. The minimum atomic E-state index is -3.43. The molecule has 1 unspecified atom stereocenters. The summed E-state index contributed by atoms with van der Waals surface area (Å²) in [5.41, 5.74) is -0.529. The number of hydrogen-bond donors (Lipinski definition) is 0. The van der Waals surface area contributed by atoms with Gasteiger partial charge in [-0.15, -0.1) is 11.3 Å². The van der Waals surface area contributed by atoms with Crippen LogP contribution in [0.5, 0.6) is 0 Å². The van der Waals surface area contributed by atoms with Gasteiger partial charge in [0.15, 0.2) is 0 Å². The summed E-state index contributed by atoms with van der Waals surface area (Å²) in [7, 11) is -1.73. The molecule has 3 saturated heterocycles. The fourth-order valence-electron chi connectivity index (χ4n) is 5.67. The molecule has 3 aliphatic heterocycles. The molecule has 0 aromatic carbocycles. The van der Waals surface area contributed by atoms with Gasteiger partial charge in [0.05, 0.1) is 12.0 Å². The molecule has 0 aliphatic carbocycles. The molecule has 1 amide bonds. The van der Waals surface area contributed by atoms with Crippen LogP contribution < -0.4 is 0 Å². The molecule has 0 N–H and O–H groups in total. The number of hydrogen-bond acceptors (Lipinski definition) is 6. The van der Waals surface area contributed by atoms with E-state index in [9.17, 15) is 13.2 Å². The lowest BCUT2D eigenvalue weighted by Crippen LogP contribution is -2.53. The Morgan fingerprint density at radius 2 is 1.93 bits per heavy atom. The number of rotatable bonds is 6. The Morgan fingerprint density at radius 3 is 2.52 bits per heavy atom. The van der Waals surface area contributed by atoms with Crippen LogP contribution in [0.15, 0.2) is 21.7 Å². The number of amides is 1. The molecule has 1 aromatic rings. The summed E-state index contributed by atoms with van der Waals surface area (Å²) < 4.78 is 33.2. The van der Waals surface area contributed by atoms with Crippen LogP contribution in [0.2, 0.25) is 0 Å². The zero-order valence-corrected chi connectivity index (χ0v) is 18.9. The van der Waals surface area contributed by atoms with Crippen LogP contribution in [0, 0.1) is 10.8 Å². The Balaban J connectivity index is 1.58. The maximum absolute atomic E-state index is 13.5. The first kappa shape index (κ1) is 21.2. The number of nitrogens with zero attached hydrogens (tertiary/aromatic N) is 3. The number of carbonyl (C=O) groups excluding carboxylic acids is 1. The second-order valence-corrected chi connectivity index (χ2v) is 11.6. The molecule has 3 fully saturated rings. The molecule has 4 heterocycles. The standard InChI is InChI=1S/C20H31N3O4S2/c1-3-22-9-8-20(18(22)24)16-21(12-13-27-2)15-19(20)6-10-23(11-7-19)29(25,26)17-5-4-14-28-17/h4-5,14H,3,6-13,15-16H2,1-2H3. The van der Waals surface area contributed by atoms with Gasteiger partial charge in [-0.25, -0.2) is 8.42 Å². The van der Waals surface area contributed by atoms with Crippen LogP contribution in [0.1, 0.15) is 26.2 Å². The summed E-state index contributed by atoms with van der Waals surface area (Å²) >= 11 is 1.27. The highest BCUT2D eigenvalue weighted by molar-refractivity contribution is 7.91. The molecule has 0 radical (unpaired) electrons. The van der Waals surface area contributed by atoms with E-state index in [1.807, 2.05) is 11.8 Å². The lowest BCUT2D eigenvalue weighted by molar-refractivity contribution is -0.141. The maximum atomic E-state index is 13.5. The largest absolute Gasteiger partial charge is 0.383 e. The second-order valence-electron chi connectivity index (χ2n) is 8.54. The van der Waals surface area contributed by atoms with Gasteiger partial charge in [-0.2, -0.15) is 4.31 Å². The molecule has 9 heteroatoms. The van der Waals surface area contributed by atoms with Crippen molar-refractivity contribution < 1.29 is 17.9 Å². The zero-order chi connectivity index (χ0) is 20.7. The molecule has 29 heavy (non-hydrogen) atoms. The Bertz CT molecular complexity index is 834. The van der Waals surface area contributed by atoms with Crippen LogP contribution in [0.4, 0.5) is 0 Å². The SMILES string of the molecule is CCN1CCC2(CN(CCOC)CC23CCN(S(=O)(=O)c2cccs2)CC3)C1=O. The second kappa shape index (κ2) is 7.92. The molecule has 1 aromatic heterocycles. The van der Waals surface area contributed by atoms with Crippen molar-refractivity contribution >= 4 is 27.3 Å². The summed E-state index contributed by atoms with van der Waals surface area (Å²) in [5, 5.41) is 1.80. The molecule has 2 spiro atoms. The smallest absolute Gasteiger partial charge is 0.252 e. The summed E-state index contributed by atoms with van der Waals surface area (Å²) in [6.45, 7) is 7.65. The minimum absolute atomic E-state index is 0.150. The maximum Gasteiger partial charge on any atom is 0.252 e. The highest BCUT2D eigenvalue weighted by atomic mass is 32.2. The van der Waals surface area contributed by atoms with Gasteiger partial charge >= 0.3 is 0 Å². The lowest BCUT2D eigenvalue weighted by Gasteiger charge is -2.46. The van der Waals surface area contributed by atoms with Crippen molar-refractivity contribution in [1.29, 1.82) is 0 Å². The van der Waals surface area contributed by atoms with E-state index in [1.165, 1.54) is 11.3 Å². The van der Waals surface area contributed by atoms with Crippen molar-refractivity contribution in [3.05, 3.63) is 17.5 Å². The highest BCUT2D eigenvalue weighted by Crippen LogP contribution is 2.58. The van der Waals surface area contributed by atoms with Gasteiger partial charge in [0.25, 0.3) is 10.0 Å². The van der Waals surface area contributed by atoms with Gasteiger partial charge in [-0.3, -0.25) is 9.69 Å². The van der Waals surface area contributed by atoms with E-state index in [4.69, 9.17) is 4.74 Å². The van der Waals surface area contributed by atoms with Crippen molar-refractivity contribution in [2.75, 3.05) is 59.5 Å². The first-order valence-electron chi connectivity index (χ1n) is 10.4. The quantitative estimate of drug-likeness (QED) is 0.672. The summed E-state index contributed by atoms with van der Waals surface area (Å²) in [6, 6.07) is 3.45. The van der Waals surface area contributed by atoms with Crippen LogP contribution >= 0.6 is 11.3 Å². The van der Waals surface area contributed by atoms with E-state index < -0.39 is 10.0 Å². The molecule has 4 rings (SSSR count). The molecule has 7 nitrogen and oxygen atoms in total. The first-order chi connectivity index (χ1) is 13.9. The predicted molar refractivity (Wildman–Crippen MR) is 112 cm³/mol. The van der Waals surface area contributed by atoms with Gasteiger partial charge in [0, 0.05) is 58.3 Å². The lowest BCUT2D eigenvalue weighted by atomic mass is 9.60. The minimum Gasteiger partial charge on any atom is -0.383 e. The van der Waals surface area contributed by atoms with Crippen LogP contribution in [-0.2, 0) is 19.6 Å². The molecule has 0 bridgehead atoms. The van der Waals surface area contributed by atoms with Crippen LogP contribution in [0.25, 0.3) is 0 Å². The van der Waals surface area contributed by atoms with E-state index in [0.717, 1.165) is 52.0 Å². The van der Waals surface area contributed by atoms with Crippen molar-refractivity contribution in [1.82, 2.24) is 14.1 Å². The van der Waals surface area contributed by atoms with Gasteiger partial charge in [-0.1, -0.05) is 6.07 Å². The van der Waals surface area contributed by atoms with E-state index in [2.05, 4.69) is 4.90 Å². The first-order valence-corrected chi connectivity index (χ1v) is 12.7. The Morgan fingerprint density at radius 1 is 1.17 bits per heavy atom. The number of sulfonamides is 1. The van der Waals surface area contributed by atoms with E-state index in [-0.39, 0.29) is 16.7 Å². The van der Waals surface area contributed by atoms with Crippen molar-refractivity contribution in [2.24, 2.45) is 10.8 Å². The third-order valence-electron chi connectivity index (χ3n) is 7.30. The summed E-state index contributed by atoms with van der Waals surface area (Å²) in [4.78, 5) is 17.8. The van der Waals surface area contributed by atoms with Gasteiger partial charge in [0.2, 0.25) is 5.91 Å². The number of ether oxygens (including phenoxy) is 1. The predicted octanol–water partition coefficient (Wildman–Crippen LogP) is 1.72. The Kier molecular flexibility index (Phi) is 5.80. The van der Waals surface area contributed by atoms with Crippen molar-refractivity contribution in [3.8, 4) is 0 Å². The molecular weight excluding hydrogens is 410 g/mol. The third-order valence-corrected chi connectivity index (χ3v) is 10.6. The molecule has 0 saturated carbocycles. The molecular formula is C20H31N3O4S2. The van der Waals surface area contributed by atoms with Crippen LogP contribution in [0.3, 0.4) is 0 Å². The number of likely N-dealkylation sites (tertiary alicyclic amines) is 2. The summed E-state index contributed by atoms with van der Waals surface area (Å²) in [5.74, 6) is 0.273. The zero-order valence-electron chi connectivity index (χ0n) is 17.3. The third kappa shape index (κ3) is 3.35. The molecule has 162 valence electrons. The van der Waals surface area contributed by atoms with Crippen LogP contribution in [-0.4, -0.2) is 88.0 Å². The van der Waals surface area contributed by atoms with Gasteiger partial charge in [-0.05, 0) is 37.6 Å². The fraction of sp³-hybridized carbons (Fsp3) is 0.750. The monoisotopic (exact) mass is 441 g/mol. The van der Waals surface area contributed by atoms with Gasteiger partial charge in [0.1, 0.15) is 4.21 Å². The average Bonchev–Trinajstić information content (AvgIpc) is 3.42. The summed E-state index contributed by atoms with van der Waals surface area (Å²) in [6.07, 6.45) is 2.36. The molecule has 1 atom stereocenters. The topological polar surface area (TPSA) is 70.2 Å². The Labute approximate surface area is 177 Å². The van der Waals surface area contributed by atoms with E-state index in [1.54, 1.807) is 28.9 Å².